The SMILES string of the molecule is O=C(N[C@H]1CCC[C@H](C(F)(F)F)C1)N1CCC2(CCOCC2)C1. The molecule has 0 unspecified atom stereocenters. The molecule has 23 heavy (non-hydrogen) atoms. The van der Waals surface area contributed by atoms with Gasteiger partial charge >= 0.3 is 12.2 Å². The number of carbonyl (C=O) groups excluding carboxylic acids is 1. The maximum absolute atomic E-state index is 12.9. The lowest BCUT2D eigenvalue weighted by molar-refractivity contribution is -0.183. The standard InChI is InChI=1S/C16H25F3N2O2/c17-16(18,19)12-2-1-3-13(10-12)20-14(22)21-7-4-15(11-21)5-8-23-9-6-15/h12-13H,1-11H2,(H,20,22)/t12-,13-/m0/s1. The van der Waals surface area contributed by atoms with E-state index in [4.69, 9.17) is 4.74 Å². The van der Waals surface area contributed by atoms with Crippen LogP contribution in [0.4, 0.5) is 18.0 Å². The van der Waals surface area contributed by atoms with Crippen LogP contribution in [-0.4, -0.2) is 49.5 Å². The van der Waals surface area contributed by atoms with Crippen molar-refractivity contribution in [3.63, 3.8) is 0 Å². The molecule has 3 fully saturated rings. The number of alkyl halides is 3. The maximum atomic E-state index is 12.9. The Labute approximate surface area is 134 Å². The number of halogens is 3. The highest BCUT2D eigenvalue weighted by molar-refractivity contribution is 5.75. The minimum absolute atomic E-state index is 0.0159. The van der Waals surface area contributed by atoms with Gasteiger partial charge in [-0.1, -0.05) is 6.42 Å². The highest BCUT2D eigenvalue weighted by atomic mass is 19.4. The monoisotopic (exact) mass is 334 g/mol. The van der Waals surface area contributed by atoms with Crippen LogP contribution in [0.15, 0.2) is 0 Å². The largest absolute Gasteiger partial charge is 0.391 e. The van der Waals surface area contributed by atoms with Crippen molar-refractivity contribution in [3.05, 3.63) is 0 Å². The Hall–Kier alpha value is -0.980. The Morgan fingerprint density at radius 2 is 1.91 bits per heavy atom. The van der Waals surface area contributed by atoms with Crippen molar-refractivity contribution in [1.29, 1.82) is 0 Å². The molecule has 0 aromatic rings. The van der Waals surface area contributed by atoms with E-state index in [1.165, 1.54) is 0 Å². The Bertz CT molecular complexity index is 436. The van der Waals surface area contributed by atoms with Gasteiger partial charge in [0.05, 0.1) is 5.92 Å². The first-order valence-electron chi connectivity index (χ1n) is 8.58. The van der Waals surface area contributed by atoms with Gasteiger partial charge in [-0.25, -0.2) is 4.79 Å². The van der Waals surface area contributed by atoms with Gasteiger partial charge in [-0.05, 0) is 43.9 Å². The average Bonchev–Trinajstić information content (AvgIpc) is 2.91. The fourth-order valence-corrected chi connectivity index (χ4v) is 4.21. The Balaban J connectivity index is 1.51. The molecule has 1 spiro atoms. The molecule has 132 valence electrons. The smallest absolute Gasteiger partial charge is 0.381 e. The van der Waals surface area contributed by atoms with Crippen molar-refractivity contribution in [2.45, 2.75) is 57.2 Å². The maximum Gasteiger partial charge on any atom is 0.391 e. The van der Waals surface area contributed by atoms with E-state index in [1.54, 1.807) is 4.90 Å². The number of hydrogen-bond acceptors (Lipinski definition) is 2. The molecule has 2 atom stereocenters. The molecule has 3 aliphatic rings. The van der Waals surface area contributed by atoms with Gasteiger partial charge in [0, 0.05) is 32.3 Å². The molecule has 0 radical (unpaired) electrons. The van der Waals surface area contributed by atoms with Gasteiger partial charge in [-0.3, -0.25) is 0 Å². The van der Waals surface area contributed by atoms with E-state index in [2.05, 4.69) is 5.32 Å². The first kappa shape index (κ1) is 16.9. The van der Waals surface area contributed by atoms with E-state index in [0.717, 1.165) is 32.5 Å². The summed E-state index contributed by atoms with van der Waals surface area (Å²) in [6.07, 6.45) is 0.127. The highest BCUT2D eigenvalue weighted by Gasteiger charge is 2.44. The molecule has 1 aliphatic carbocycles. The van der Waals surface area contributed by atoms with Crippen LogP contribution < -0.4 is 5.32 Å². The van der Waals surface area contributed by atoms with Crippen LogP contribution in [0.2, 0.25) is 0 Å². The summed E-state index contributed by atoms with van der Waals surface area (Å²) >= 11 is 0. The Morgan fingerprint density at radius 3 is 2.61 bits per heavy atom. The molecule has 0 aromatic carbocycles. The molecule has 0 aromatic heterocycles. The molecule has 0 bridgehead atoms. The van der Waals surface area contributed by atoms with Gasteiger partial charge in [0.2, 0.25) is 0 Å². The van der Waals surface area contributed by atoms with Crippen molar-refractivity contribution in [2.24, 2.45) is 11.3 Å². The number of nitrogens with zero attached hydrogens (tertiary/aromatic N) is 1. The topological polar surface area (TPSA) is 41.6 Å². The lowest BCUT2D eigenvalue weighted by Crippen LogP contribution is -2.47. The summed E-state index contributed by atoms with van der Waals surface area (Å²) in [7, 11) is 0. The molecule has 3 rings (SSSR count). The van der Waals surface area contributed by atoms with Crippen molar-refractivity contribution in [3.8, 4) is 0 Å². The van der Waals surface area contributed by atoms with Gasteiger partial charge in [-0.2, -0.15) is 13.2 Å². The molecule has 2 aliphatic heterocycles. The number of urea groups is 1. The van der Waals surface area contributed by atoms with Gasteiger partial charge in [0.1, 0.15) is 0 Å². The number of hydrogen-bond donors (Lipinski definition) is 1. The van der Waals surface area contributed by atoms with Crippen LogP contribution in [0.25, 0.3) is 0 Å². The second kappa shape index (κ2) is 6.49. The van der Waals surface area contributed by atoms with Gasteiger partial charge in [-0.15, -0.1) is 0 Å². The van der Waals surface area contributed by atoms with E-state index < -0.39 is 12.1 Å². The number of rotatable bonds is 1. The molecule has 7 heteroatoms. The van der Waals surface area contributed by atoms with Gasteiger partial charge < -0.3 is 15.0 Å². The third-order valence-corrected chi connectivity index (χ3v) is 5.74. The number of nitrogens with one attached hydrogen (secondary N) is 1. The second-order valence-electron chi connectivity index (χ2n) is 7.34. The van der Waals surface area contributed by atoms with Crippen molar-refractivity contribution >= 4 is 6.03 Å². The summed E-state index contributed by atoms with van der Waals surface area (Å²) in [4.78, 5) is 14.2. The zero-order valence-electron chi connectivity index (χ0n) is 13.3. The lowest BCUT2D eigenvalue weighted by Gasteiger charge is -2.34. The summed E-state index contributed by atoms with van der Waals surface area (Å²) in [5.74, 6) is -1.28. The summed E-state index contributed by atoms with van der Waals surface area (Å²) in [6.45, 7) is 2.88. The summed E-state index contributed by atoms with van der Waals surface area (Å²) in [5.41, 5.74) is 0.163. The van der Waals surface area contributed by atoms with E-state index in [9.17, 15) is 18.0 Å². The van der Waals surface area contributed by atoms with E-state index in [0.29, 0.717) is 25.9 Å². The van der Waals surface area contributed by atoms with E-state index in [1.807, 2.05) is 0 Å². The lowest BCUT2D eigenvalue weighted by atomic mass is 9.80. The molecular formula is C16H25F3N2O2. The minimum Gasteiger partial charge on any atom is -0.381 e. The Morgan fingerprint density at radius 1 is 1.17 bits per heavy atom. The third kappa shape index (κ3) is 3.92. The van der Waals surface area contributed by atoms with Gasteiger partial charge in [0.15, 0.2) is 0 Å². The normalized spacial score (nSPS) is 31.3. The zero-order chi connectivity index (χ0) is 16.5. The summed E-state index contributed by atoms with van der Waals surface area (Å²) in [6, 6.07) is -0.546. The molecule has 4 nitrogen and oxygen atoms in total. The van der Waals surface area contributed by atoms with Crippen molar-refractivity contribution in [1.82, 2.24) is 10.2 Å². The molecular weight excluding hydrogens is 309 g/mol. The van der Waals surface area contributed by atoms with Crippen LogP contribution >= 0.6 is 0 Å². The number of likely N-dealkylation sites (tertiary alicyclic amines) is 1. The average molecular weight is 334 g/mol. The highest BCUT2D eigenvalue weighted by Crippen LogP contribution is 2.40. The first-order chi connectivity index (χ1) is 10.9. The van der Waals surface area contributed by atoms with Crippen LogP contribution in [0.5, 0.6) is 0 Å². The van der Waals surface area contributed by atoms with Crippen LogP contribution in [-0.2, 0) is 4.74 Å². The summed E-state index contributed by atoms with van der Waals surface area (Å²) in [5, 5.41) is 2.84. The fraction of sp³-hybridized carbons (Fsp3) is 0.938. The van der Waals surface area contributed by atoms with Crippen LogP contribution in [0.3, 0.4) is 0 Å². The quantitative estimate of drug-likeness (QED) is 0.799. The molecule has 1 N–H and O–H groups in total. The predicted octanol–water partition coefficient (Wildman–Crippen LogP) is 3.32. The Kier molecular flexibility index (Phi) is 4.76. The third-order valence-electron chi connectivity index (χ3n) is 5.74. The minimum atomic E-state index is -4.15. The fourth-order valence-electron chi connectivity index (χ4n) is 4.21. The van der Waals surface area contributed by atoms with E-state index in [-0.39, 0.29) is 30.3 Å². The van der Waals surface area contributed by atoms with Crippen LogP contribution in [0, 0.1) is 11.3 Å². The second-order valence-corrected chi connectivity index (χ2v) is 7.34. The number of ether oxygens (including phenoxy) is 1. The molecule has 2 amide bonds. The van der Waals surface area contributed by atoms with Crippen LogP contribution in [0.1, 0.15) is 44.9 Å². The molecule has 2 saturated heterocycles. The first-order valence-corrected chi connectivity index (χ1v) is 8.58. The summed E-state index contributed by atoms with van der Waals surface area (Å²) < 4.78 is 44.0. The molecule has 1 saturated carbocycles. The van der Waals surface area contributed by atoms with E-state index >= 15 is 0 Å². The van der Waals surface area contributed by atoms with Crippen molar-refractivity contribution < 1.29 is 22.7 Å². The predicted molar refractivity (Wildman–Crippen MR) is 79.0 cm³/mol. The molecule has 2 heterocycles. The number of carbonyl (C=O) groups is 1. The number of amides is 2. The van der Waals surface area contributed by atoms with Crippen molar-refractivity contribution in [2.75, 3.05) is 26.3 Å². The van der Waals surface area contributed by atoms with Gasteiger partial charge in [0.25, 0.3) is 0 Å². The zero-order valence-corrected chi connectivity index (χ0v) is 13.3.